The number of esters is 1. The molecule has 1 aliphatic heterocycles. The number of ether oxygens (including phenoxy) is 2. The lowest BCUT2D eigenvalue weighted by Gasteiger charge is -2.39. The van der Waals surface area contributed by atoms with E-state index in [2.05, 4.69) is 10.1 Å². The smallest absolute Gasteiger partial charge is 0.377 e. The molecule has 0 radical (unpaired) electrons. The minimum atomic E-state index is -3.65. The van der Waals surface area contributed by atoms with Crippen LogP contribution in [0, 0.1) is 0 Å². The van der Waals surface area contributed by atoms with E-state index in [4.69, 9.17) is 16.3 Å². The standard InChI is InChI=1S/C32H33ClF2N2O5/c1-4-41-31(40)32(34,35)17-18-42-25-15-11-23(12-16-25)30(39)37-20(2)19-27(26-7-5-6-8-28(26)37)29(38)36-21(3)22-9-13-24(33)14-10-22/h5-16,20-21,27H,4,17-19H2,1-3H3,(H,36,38). The molecule has 0 spiro atoms. The lowest BCUT2D eigenvalue weighted by molar-refractivity contribution is -0.173. The third-order valence-electron chi connectivity index (χ3n) is 7.21. The van der Waals surface area contributed by atoms with Crippen molar-refractivity contribution in [2.24, 2.45) is 0 Å². The first kappa shape index (κ1) is 31.0. The fraction of sp³-hybridized carbons (Fsp3) is 0.344. The van der Waals surface area contributed by atoms with Crippen molar-refractivity contribution in [3.05, 3.63) is 94.5 Å². The first-order valence-corrected chi connectivity index (χ1v) is 14.2. The number of para-hydroxylation sites is 1. The summed E-state index contributed by atoms with van der Waals surface area (Å²) in [5.41, 5.74) is 2.72. The molecule has 7 nitrogen and oxygen atoms in total. The maximum atomic E-state index is 13.8. The second-order valence-corrected chi connectivity index (χ2v) is 10.6. The Balaban J connectivity index is 1.44. The second-order valence-electron chi connectivity index (χ2n) is 10.2. The van der Waals surface area contributed by atoms with Crippen LogP contribution in [0.2, 0.25) is 5.02 Å². The van der Waals surface area contributed by atoms with Crippen LogP contribution < -0.4 is 15.0 Å². The average molecular weight is 599 g/mol. The molecule has 0 bridgehead atoms. The molecular formula is C32H33ClF2N2O5. The third kappa shape index (κ3) is 7.07. The number of carbonyl (C=O) groups is 3. The van der Waals surface area contributed by atoms with Crippen LogP contribution in [0.1, 0.15) is 67.1 Å². The Kier molecular flexibility index (Phi) is 9.83. The number of nitrogens with zero attached hydrogens (tertiary/aromatic N) is 1. The summed E-state index contributed by atoms with van der Waals surface area (Å²) < 4.78 is 37.4. The molecule has 222 valence electrons. The fourth-order valence-electron chi connectivity index (χ4n) is 4.99. The van der Waals surface area contributed by atoms with Crippen molar-refractivity contribution in [2.45, 2.75) is 57.5 Å². The van der Waals surface area contributed by atoms with E-state index in [0.29, 0.717) is 22.7 Å². The van der Waals surface area contributed by atoms with Crippen molar-refractivity contribution >= 4 is 35.1 Å². The predicted molar refractivity (Wildman–Crippen MR) is 156 cm³/mol. The van der Waals surface area contributed by atoms with Crippen LogP contribution in [-0.4, -0.2) is 43.0 Å². The molecule has 0 saturated carbocycles. The maximum Gasteiger partial charge on any atom is 0.377 e. The van der Waals surface area contributed by atoms with Crippen molar-refractivity contribution in [3.8, 4) is 5.75 Å². The van der Waals surface area contributed by atoms with Gasteiger partial charge in [0.25, 0.3) is 5.91 Å². The summed E-state index contributed by atoms with van der Waals surface area (Å²) in [6, 6.07) is 20.3. The predicted octanol–water partition coefficient (Wildman–Crippen LogP) is 6.71. The highest BCUT2D eigenvalue weighted by atomic mass is 35.5. The molecule has 0 fully saturated rings. The van der Waals surface area contributed by atoms with Crippen LogP contribution >= 0.6 is 11.6 Å². The zero-order valence-electron chi connectivity index (χ0n) is 23.6. The van der Waals surface area contributed by atoms with E-state index in [1.54, 1.807) is 29.2 Å². The summed E-state index contributed by atoms with van der Waals surface area (Å²) in [4.78, 5) is 40.1. The number of hydrogen-bond acceptors (Lipinski definition) is 5. The molecule has 2 amide bonds. The monoisotopic (exact) mass is 598 g/mol. The highest BCUT2D eigenvalue weighted by Crippen LogP contribution is 2.40. The van der Waals surface area contributed by atoms with Gasteiger partial charge in [0.2, 0.25) is 5.91 Å². The first-order valence-electron chi connectivity index (χ1n) is 13.8. The van der Waals surface area contributed by atoms with E-state index < -0.39 is 30.8 Å². The van der Waals surface area contributed by atoms with Crippen molar-refractivity contribution in [1.29, 1.82) is 0 Å². The molecule has 3 aromatic rings. The van der Waals surface area contributed by atoms with E-state index in [9.17, 15) is 23.2 Å². The van der Waals surface area contributed by atoms with E-state index in [-0.39, 0.29) is 36.3 Å². The highest BCUT2D eigenvalue weighted by Gasteiger charge is 2.40. The third-order valence-corrected chi connectivity index (χ3v) is 7.47. The Morgan fingerprint density at radius 1 is 1.05 bits per heavy atom. The molecule has 3 aromatic carbocycles. The fourth-order valence-corrected chi connectivity index (χ4v) is 5.11. The summed E-state index contributed by atoms with van der Waals surface area (Å²) in [5, 5.41) is 3.72. The molecule has 4 rings (SSSR count). The van der Waals surface area contributed by atoms with Gasteiger partial charge in [-0.15, -0.1) is 0 Å². The molecule has 1 heterocycles. The summed E-state index contributed by atoms with van der Waals surface area (Å²) in [5.74, 6) is -5.78. The number of alkyl halides is 2. The van der Waals surface area contributed by atoms with E-state index >= 15 is 0 Å². The topological polar surface area (TPSA) is 84.9 Å². The number of rotatable bonds is 10. The zero-order chi connectivity index (χ0) is 30.4. The Hall–Kier alpha value is -3.98. The number of halogens is 3. The molecule has 10 heteroatoms. The summed E-state index contributed by atoms with van der Waals surface area (Å²) in [6.45, 7) is 4.72. The number of fused-ring (bicyclic) bond motifs is 1. The summed E-state index contributed by atoms with van der Waals surface area (Å²) >= 11 is 6.00. The van der Waals surface area contributed by atoms with Gasteiger partial charge in [0, 0.05) is 22.3 Å². The van der Waals surface area contributed by atoms with Gasteiger partial charge in [-0.2, -0.15) is 8.78 Å². The first-order chi connectivity index (χ1) is 20.0. The quantitative estimate of drug-likeness (QED) is 0.262. The molecule has 3 atom stereocenters. The van der Waals surface area contributed by atoms with Crippen LogP contribution in [0.4, 0.5) is 14.5 Å². The van der Waals surface area contributed by atoms with Gasteiger partial charge >= 0.3 is 11.9 Å². The molecule has 3 unspecified atom stereocenters. The van der Waals surface area contributed by atoms with Gasteiger partial charge in [-0.1, -0.05) is 41.9 Å². The largest absolute Gasteiger partial charge is 0.493 e. The maximum absolute atomic E-state index is 13.8. The van der Waals surface area contributed by atoms with Crippen LogP contribution in [0.5, 0.6) is 5.75 Å². The lowest BCUT2D eigenvalue weighted by Crippen LogP contribution is -2.46. The van der Waals surface area contributed by atoms with Gasteiger partial charge in [-0.25, -0.2) is 4.79 Å². The highest BCUT2D eigenvalue weighted by molar-refractivity contribution is 6.30. The minimum Gasteiger partial charge on any atom is -0.493 e. The van der Waals surface area contributed by atoms with Crippen molar-refractivity contribution in [1.82, 2.24) is 5.32 Å². The van der Waals surface area contributed by atoms with Crippen LogP contribution in [0.3, 0.4) is 0 Å². The molecule has 42 heavy (non-hydrogen) atoms. The Labute approximate surface area is 248 Å². The van der Waals surface area contributed by atoms with Gasteiger partial charge in [-0.05, 0) is 80.8 Å². The van der Waals surface area contributed by atoms with Crippen molar-refractivity contribution < 1.29 is 32.6 Å². The van der Waals surface area contributed by atoms with E-state index in [0.717, 1.165) is 11.1 Å². The van der Waals surface area contributed by atoms with Gasteiger partial charge in [0.1, 0.15) is 5.75 Å². The Morgan fingerprint density at radius 3 is 2.38 bits per heavy atom. The molecule has 1 N–H and O–H groups in total. The van der Waals surface area contributed by atoms with Gasteiger partial charge in [0.05, 0.1) is 31.6 Å². The molecule has 0 aromatic heterocycles. The zero-order valence-corrected chi connectivity index (χ0v) is 24.4. The van der Waals surface area contributed by atoms with Crippen LogP contribution in [0.15, 0.2) is 72.8 Å². The molecule has 1 aliphatic rings. The van der Waals surface area contributed by atoms with Gasteiger partial charge < -0.3 is 19.7 Å². The minimum absolute atomic E-state index is 0.126. The second kappa shape index (κ2) is 13.3. The van der Waals surface area contributed by atoms with Crippen molar-refractivity contribution in [3.63, 3.8) is 0 Å². The molecular weight excluding hydrogens is 566 g/mol. The number of hydrogen-bond donors (Lipinski definition) is 1. The SMILES string of the molecule is CCOC(=O)C(F)(F)CCOc1ccc(C(=O)N2c3ccccc3C(C(=O)NC(C)c3ccc(Cl)cc3)CC2C)cc1. The summed E-state index contributed by atoms with van der Waals surface area (Å²) in [7, 11) is 0. The van der Waals surface area contributed by atoms with E-state index in [1.165, 1.54) is 19.1 Å². The average Bonchev–Trinajstić information content (AvgIpc) is 2.97. The normalized spacial score (nSPS) is 17.1. The lowest BCUT2D eigenvalue weighted by atomic mass is 9.84. The van der Waals surface area contributed by atoms with Crippen molar-refractivity contribution in [2.75, 3.05) is 18.1 Å². The van der Waals surface area contributed by atoms with Crippen LogP contribution in [-0.2, 0) is 14.3 Å². The number of nitrogens with one attached hydrogen (secondary N) is 1. The molecule has 0 aliphatic carbocycles. The molecule has 0 saturated heterocycles. The Morgan fingerprint density at radius 2 is 1.71 bits per heavy atom. The summed E-state index contributed by atoms with van der Waals surface area (Å²) in [6.07, 6.45) is -0.403. The number of amides is 2. The van der Waals surface area contributed by atoms with Crippen LogP contribution in [0.25, 0.3) is 0 Å². The number of anilines is 1. The number of benzene rings is 3. The van der Waals surface area contributed by atoms with E-state index in [1.807, 2.05) is 50.2 Å². The Bertz CT molecular complexity index is 1420. The van der Waals surface area contributed by atoms with Gasteiger partial charge in [0.15, 0.2) is 0 Å². The van der Waals surface area contributed by atoms with Gasteiger partial charge in [-0.3, -0.25) is 9.59 Å². The number of carbonyl (C=O) groups excluding carboxylic acids is 3.